The van der Waals surface area contributed by atoms with Crippen molar-refractivity contribution in [3.63, 3.8) is 0 Å². The van der Waals surface area contributed by atoms with Crippen molar-refractivity contribution in [2.75, 3.05) is 5.32 Å². The summed E-state index contributed by atoms with van der Waals surface area (Å²) in [5.41, 5.74) is 0.614. The lowest BCUT2D eigenvalue weighted by atomic mass is 9.84. The summed E-state index contributed by atoms with van der Waals surface area (Å²) in [6.07, 6.45) is 6.29. The third-order valence-corrected chi connectivity index (χ3v) is 4.90. The zero-order chi connectivity index (χ0) is 13.9. The summed E-state index contributed by atoms with van der Waals surface area (Å²) in [4.78, 5) is 0.178. The fourth-order valence-corrected chi connectivity index (χ4v) is 3.53. The lowest BCUT2D eigenvalue weighted by Gasteiger charge is -2.29. The molecule has 1 aliphatic rings. The summed E-state index contributed by atoms with van der Waals surface area (Å²) in [7, 11) is -3.67. The van der Waals surface area contributed by atoms with Crippen LogP contribution in [0.25, 0.3) is 0 Å². The Hall–Kier alpha value is -1.07. The van der Waals surface area contributed by atoms with Crippen LogP contribution in [0.15, 0.2) is 29.2 Å². The van der Waals surface area contributed by atoms with Gasteiger partial charge in [-0.1, -0.05) is 31.4 Å². The Labute approximate surface area is 115 Å². The number of hydrogen-bond donors (Lipinski definition) is 2. The van der Waals surface area contributed by atoms with E-state index in [1.165, 1.54) is 32.1 Å². The van der Waals surface area contributed by atoms with Crippen LogP contribution in [0.3, 0.4) is 0 Å². The Morgan fingerprint density at radius 3 is 2.47 bits per heavy atom. The minimum absolute atomic E-state index is 0.178. The van der Waals surface area contributed by atoms with Crippen molar-refractivity contribution >= 4 is 15.7 Å². The van der Waals surface area contributed by atoms with E-state index in [9.17, 15) is 8.42 Å². The highest BCUT2D eigenvalue weighted by atomic mass is 32.2. The van der Waals surface area contributed by atoms with Crippen molar-refractivity contribution in [1.29, 1.82) is 0 Å². The minimum atomic E-state index is -3.67. The lowest BCUT2D eigenvalue weighted by Crippen LogP contribution is -2.28. The van der Waals surface area contributed by atoms with Gasteiger partial charge in [-0.15, -0.1) is 0 Å². The first-order valence-corrected chi connectivity index (χ1v) is 8.41. The van der Waals surface area contributed by atoms with Crippen LogP contribution in [-0.4, -0.2) is 14.5 Å². The van der Waals surface area contributed by atoms with Gasteiger partial charge in [0.05, 0.1) is 5.69 Å². The zero-order valence-corrected chi connectivity index (χ0v) is 12.1. The molecule has 0 aromatic heterocycles. The van der Waals surface area contributed by atoms with E-state index in [1.807, 2.05) is 6.07 Å². The van der Waals surface area contributed by atoms with Gasteiger partial charge in [0.25, 0.3) is 0 Å². The molecule has 1 fully saturated rings. The summed E-state index contributed by atoms with van der Waals surface area (Å²) >= 11 is 0. The molecular weight excluding hydrogens is 260 g/mol. The molecule has 2 rings (SSSR count). The number of sulfonamides is 1. The van der Waals surface area contributed by atoms with Crippen LogP contribution in [0, 0.1) is 5.92 Å². The van der Waals surface area contributed by atoms with E-state index in [-0.39, 0.29) is 10.9 Å². The highest BCUT2D eigenvalue weighted by Crippen LogP contribution is 2.29. The van der Waals surface area contributed by atoms with Crippen molar-refractivity contribution in [3.8, 4) is 0 Å². The van der Waals surface area contributed by atoms with Gasteiger partial charge >= 0.3 is 0 Å². The van der Waals surface area contributed by atoms with E-state index in [2.05, 4.69) is 12.2 Å². The van der Waals surface area contributed by atoms with Gasteiger partial charge in [-0.2, -0.15) is 0 Å². The topological polar surface area (TPSA) is 72.2 Å². The quantitative estimate of drug-likeness (QED) is 0.892. The number of rotatable bonds is 4. The van der Waals surface area contributed by atoms with Crippen LogP contribution in [0.4, 0.5) is 5.69 Å². The molecule has 1 aromatic rings. The zero-order valence-electron chi connectivity index (χ0n) is 11.3. The molecule has 1 aromatic carbocycles. The molecule has 0 spiro atoms. The Kier molecular flexibility index (Phi) is 4.47. The summed E-state index contributed by atoms with van der Waals surface area (Å²) in [5.74, 6) is 0.613. The summed E-state index contributed by atoms with van der Waals surface area (Å²) in [5, 5.41) is 8.57. The summed E-state index contributed by atoms with van der Waals surface area (Å²) in [6.45, 7) is 2.12. The molecule has 0 aliphatic heterocycles. The van der Waals surface area contributed by atoms with Crippen molar-refractivity contribution in [3.05, 3.63) is 24.3 Å². The summed E-state index contributed by atoms with van der Waals surface area (Å²) < 4.78 is 23.1. The van der Waals surface area contributed by atoms with Crippen LogP contribution < -0.4 is 10.5 Å². The van der Waals surface area contributed by atoms with E-state index >= 15 is 0 Å². The molecule has 19 heavy (non-hydrogen) atoms. The van der Waals surface area contributed by atoms with Crippen molar-refractivity contribution in [1.82, 2.24) is 0 Å². The van der Waals surface area contributed by atoms with E-state index in [1.54, 1.807) is 18.2 Å². The predicted octanol–water partition coefficient (Wildman–Crippen LogP) is 2.71. The fourth-order valence-electron chi connectivity index (χ4n) is 2.83. The molecule has 0 heterocycles. The molecule has 1 unspecified atom stereocenters. The van der Waals surface area contributed by atoms with E-state index in [4.69, 9.17) is 5.14 Å². The molecule has 0 bridgehead atoms. The fraction of sp³-hybridized carbons (Fsp3) is 0.571. The third kappa shape index (κ3) is 3.70. The maximum absolute atomic E-state index is 11.5. The van der Waals surface area contributed by atoms with Gasteiger partial charge in [0.15, 0.2) is 0 Å². The molecule has 106 valence electrons. The number of primary sulfonamides is 1. The molecule has 1 saturated carbocycles. The van der Waals surface area contributed by atoms with Gasteiger partial charge in [-0.25, -0.2) is 13.6 Å². The maximum Gasteiger partial charge on any atom is 0.240 e. The Balaban J connectivity index is 2.14. The van der Waals surface area contributed by atoms with Crippen molar-refractivity contribution in [2.24, 2.45) is 11.1 Å². The van der Waals surface area contributed by atoms with Gasteiger partial charge in [-0.05, 0) is 37.8 Å². The molecule has 1 atom stereocenters. The van der Waals surface area contributed by atoms with Gasteiger partial charge in [-0.3, -0.25) is 0 Å². The molecule has 4 nitrogen and oxygen atoms in total. The molecule has 0 amide bonds. The molecule has 0 saturated heterocycles. The van der Waals surface area contributed by atoms with Gasteiger partial charge < -0.3 is 5.32 Å². The van der Waals surface area contributed by atoms with E-state index in [0.29, 0.717) is 11.6 Å². The highest BCUT2D eigenvalue weighted by Gasteiger charge is 2.22. The largest absolute Gasteiger partial charge is 0.381 e. The number of nitrogens with two attached hydrogens (primary N) is 1. The van der Waals surface area contributed by atoms with E-state index in [0.717, 1.165) is 0 Å². The number of benzene rings is 1. The highest BCUT2D eigenvalue weighted by molar-refractivity contribution is 7.89. The van der Waals surface area contributed by atoms with Crippen LogP contribution >= 0.6 is 0 Å². The number of nitrogens with one attached hydrogen (secondary N) is 1. The molecule has 5 heteroatoms. The maximum atomic E-state index is 11.5. The van der Waals surface area contributed by atoms with Crippen LogP contribution in [0.2, 0.25) is 0 Å². The number of hydrogen-bond acceptors (Lipinski definition) is 3. The second kappa shape index (κ2) is 5.92. The SMILES string of the molecule is CC(Nc1ccccc1S(N)(=O)=O)C1CCCCC1. The Morgan fingerprint density at radius 2 is 1.84 bits per heavy atom. The molecule has 1 aliphatic carbocycles. The summed E-state index contributed by atoms with van der Waals surface area (Å²) in [6, 6.07) is 7.11. The van der Waals surface area contributed by atoms with Gasteiger partial charge in [0.2, 0.25) is 10.0 Å². The van der Waals surface area contributed by atoms with E-state index < -0.39 is 10.0 Å². The predicted molar refractivity (Wildman–Crippen MR) is 77.5 cm³/mol. The molecule has 3 N–H and O–H groups in total. The second-order valence-electron chi connectivity index (χ2n) is 5.37. The normalized spacial score (nSPS) is 19.1. The minimum Gasteiger partial charge on any atom is -0.381 e. The first-order valence-electron chi connectivity index (χ1n) is 6.87. The average Bonchev–Trinajstić information content (AvgIpc) is 2.39. The molecule has 0 radical (unpaired) electrons. The van der Waals surface area contributed by atoms with Crippen molar-refractivity contribution < 1.29 is 8.42 Å². The third-order valence-electron chi connectivity index (χ3n) is 3.93. The smallest absolute Gasteiger partial charge is 0.240 e. The Bertz CT molecular complexity index is 522. The van der Waals surface area contributed by atoms with Crippen molar-refractivity contribution in [2.45, 2.75) is 50.0 Å². The first kappa shape index (κ1) is 14.3. The average molecular weight is 282 g/mol. The monoisotopic (exact) mass is 282 g/mol. The number of anilines is 1. The first-order chi connectivity index (χ1) is 8.98. The van der Waals surface area contributed by atoms with Crippen LogP contribution in [0.1, 0.15) is 39.0 Å². The number of para-hydroxylation sites is 1. The Morgan fingerprint density at radius 1 is 1.21 bits per heavy atom. The van der Waals surface area contributed by atoms with Gasteiger partial charge in [0, 0.05) is 6.04 Å². The van der Waals surface area contributed by atoms with Crippen LogP contribution in [0.5, 0.6) is 0 Å². The molecular formula is C14H22N2O2S. The van der Waals surface area contributed by atoms with Gasteiger partial charge in [0.1, 0.15) is 4.90 Å². The lowest BCUT2D eigenvalue weighted by molar-refractivity contribution is 0.328. The standard InChI is InChI=1S/C14H22N2O2S/c1-11(12-7-3-2-4-8-12)16-13-9-5-6-10-14(13)19(15,17)18/h5-6,9-12,16H,2-4,7-8H2,1H3,(H2,15,17,18). The van der Waals surface area contributed by atoms with Crippen LogP contribution in [-0.2, 0) is 10.0 Å². The second-order valence-corrected chi connectivity index (χ2v) is 6.90.